The zero-order chi connectivity index (χ0) is 21.5. The Bertz CT molecular complexity index is 864. The minimum absolute atomic E-state index is 0.0715. The molecule has 6 heteroatoms. The molecule has 1 aliphatic carbocycles. The van der Waals surface area contributed by atoms with Crippen molar-refractivity contribution < 1.29 is 9.59 Å². The van der Waals surface area contributed by atoms with E-state index >= 15 is 0 Å². The minimum Gasteiger partial charge on any atom is -0.352 e. The van der Waals surface area contributed by atoms with Gasteiger partial charge in [0, 0.05) is 22.6 Å². The Hall–Kier alpha value is -2.04. The van der Waals surface area contributed by atoms with E-state index in [0.29, 0.717) is 23.0 Å². The lowest BCUT2D eigenvalue weighted by atomic mass is 10.1. The van der Waals surface area contributed by atoms with Gasteiger partial charge in [-0.3, -0.25) is 9.59 Å². The lowest BCUT2D eigenvalue weighted by molar-refractivity contribution is -0.141. The van der Waals surface area contributed by atoms with Crippen LogP contribution in [0, 0.1) is 0 Å². The number of benzene rings is 2. The molecule has 0 unspecified atom stereocenters. The normalized spacial score (nSPS) is 15.0. The molecule has 0 aromatic heterocycles. The summed E-state index contributed by atoms with van der Waals surface area (Å²) >= 11 is 12.1. The van der Waals surface area contributed by atoms with Crippen LogP contribution in [0.2, 0.25) is 10.0 Å². The molecule has 1 N–H and O–H groups in total. The summed E-state index contributed by atoms with van der Waals surface area (Å²) in [7, 11) is 0. The largest absolute Gasteiger partial charge is 0.352 e. The topological polar surface area (TPSA) is 49.4 Å². The van der Waals surface area contributed by atoms with Gasteiger partial charge in [0.05, 0.1) is 6.42 Å². The fourth-order valence-electron chi connectivity index (χ4n) is 4.00. The summed E-state index contributed by atoms with van der Waals surface area (Å²) in [6.07, 6.45) is 5.05. The zero-order valence-corrected chi connectivity index (χ0v) is 18.8. The first-order valence-corrected chi connectivity index (χ1v) is 11.3. The Morgan fingerprint density at radius 3 is 2.37 bits per heavy atom. The predicted octanol–water partition coefficient (Wildman–Crippen LogP) is 5.40. The molecule has 0 radical (unpaired) electrons. The van der Waals surface area contributed by atoms with Crippen molar-refractivity contribution in [2.45, 2.75) is 64.1 Å². The van der Waals surface area contributed by atoms with E-state index in [-0.39, 0.29) is 24.3 Å². The number of carbonyl (C=O) groups excluding carboxylic acids is 2. The highest BCUT2D eigenvalue weighted by Gasteiger charge is 2.30. The summed E-state index contributed by atoms with van der Waals surface area (Å²) in [6.45, 7) is 2.30. The summed E-state index contributed by atoms with van der Waals surface area (Å²) in [6, 6.07) is 14.4. The Balaban J connectivity index is 1.81. The van der Waals surface area contributed by atoms with Crippen LogP contribution in [0.3, 0.4) is 0 Å². The second-order valence-electron chi connectivity index (χ2n) is 7.87. The van der Waals surface area contributed by atoms with Gasteiger partial charge in [0.1, 0.15) is 6.04 Å². The summed E-state index contributed by atoms with van der Waals surface area (Å²) in [5.74, 6) is -0.168. The molecular formula is C24H28Cl2N2O2. The molecule has 0 saturated heterocycles. The maximum atomic E-state index is 13.3. The maximum absolute atomic E-state index is 13.3. The molecule has 3 rings (SSSR count). The van der Waals surface area contributed by atoms with Crippen molar-refractivity contribution in [2.24, 2.45) is 0 Å². The number of nitrogens with one attached hydrogen (secondary N) is 1. The number of hydrogen-bond acceptors (Lipinski definition) is 2. The average Bonchev–Trinajstić information content (AvgIpc) is 3.22. The molecule has 0 heterocycles. The third-order valence-electron chi connectivity index (χ3n) is 5.60. The van der Waals surface area contributed by atoms with Crippen molar-refractivity contribution in [3.8, 4) is 0 Å². The number of nitrogens with zero attached hydrogens (tertiary/aromatic N) is 1. The SMILES string of the molecule is CC[C@@H](C(=O)NC1CCCC1)N(Cc1ccc(Cl)cc1)C(=O)Cc1cccc(Cl)c1. The summed E-state index contributed by atoms with van der Waals surface area (Å²) in [5, 5.41) is 4.39. The van der Waals surface area contributed by atoms with E-state index in [4.69, 9.17) is 23.2 Å². The smallest absolute Gasteiger partial charge is 0.243 e. The Kier molecular flexibility index (Phi) is 8.17. The van der Waals surface area contributed by atoms with Gasteiger partial charge < -0.3 is 10.2 Å². The number of hydrogen-bond donors (Lipinski definition) is 1. The highest BCUT2D eigenvalue weighted by Crippen LogP contribution is 2.21. The third kappa shape index (κ3) is 6.23. The van der Waals surface area contributed by atoms with Crippen molar-refractivity contribution in [1.29, 1.82) is 0 Å². The van der Waals surface area contributed by atoms with Gasteiger partial charge in [-0.2, -0.15) is 0 Å². The van der Waals surface area contributed by atoms with Crippen LogP contribution >= 0.6 is 23.2 Å². The van der Waals surface area contributed by atoms with Gasteiger partial charge in [0.2, 0.25) is 11.8 Å². The molecule has 1 atom stereocenters. The number of halogens is 2. The second kappa shape index (κ2) is 10.8. The Morgan fingerprint density at radius 2 is 1.73 bits per heavy atom. The van der Waals surface area contributed by atoms with Crippen molar-refractivity contribution in [2.75, 3.05) is 0 Å². The van der Waals surface area contributed by atoms with Gasteiger partial charge in [-0.25, -0.2) is 0 Å². The van der Waals surface area contributed by atoms with Crippen molar-refractivity contribution in [3.05, 3.63) is 69.7 Å². The van der Waals surface area contributed by atoms with Crippen LogP contribution in [0.25, 0.3) is 0 Å². The Morgan fingerprint density at radius 1 is 1.03 bits per heavy atom. The van der Waals surface area contributed by atoms with E-state index < -0.39 is 6.04 Å². The van der Waals surface area contributed by atoms with E-state index in [1.165, 1.54) is 0 Å². The fourth-order valence-corrected chi connectivity index (χ4v) is 4.34. The molecule has 0 spiro atoms. The lowest BCUT2D eigenvalue weighted by Crippen LogP contribution is -2.51. The Labute approximate surface area is 188 Å². The molecule has 2 amide bonds. The van der Waals surface area contributed by atoms with Gasteiger partial charge in [0.15, 0.2) is 0 Å². The van der Waals surface area contributed by atoms with Gasteiger partial charge >= 0.3 is 0 Å². The highest BCUT2D eigenvalue weighted by molar-refractivity contribution is 6.30. The van der Waals surface area contributed by atoms with Crippen molar-refractivity contribution in [3.63, 3.8) is 0 Å². The van der Waals surface area contributed by atoms with Crippen LogP contribution in [0.1, 0.15) is 50.2 Å². The summed E-state index contributed by atoms with van der Waals surface area (Å²) < 4.78 is 0. The van der Waals surface area contributed by atoms with Crippen LogP contribution in [-0.2, 0) is 22.6 Å². The first-order chi connectivity index (χ1) is 14.5. The average molecular weight is 447 g/mol. The van der Waals surface area contributed by atoms with E-state index in [1.807, 2.05) is 31.2 Å². The molecule has 2 aromatic carbocycles. The number of amides is 2. The molecule has 1 aliphatic rings. The van der Waals surface area contributed by atoms with Crippen LogP contribution in [0.15, 0.2) is 48.5 Å². The van der Waals surface area contributed by atoms with Crippen molar-refractivity contribution in [1.82, 2.24) is 10.2 Å². The minimum atomic E-state index is -0.520. The van der Waals surface area contributed by atoms with Gasteiger partial charge in [-0.05, 0) is 54.7 Å². The van der Waals surface area contributed by atoms with E-state index in [2.05, 4.69) is 5.32 Å². The van der Waals surface area contributed by atoms with Gasteiger partial charge in [-0.1, -0.05) is 67.2 Å². The molecule has 2 aromatic rings. The third-order valence-corrected chi connectivity index (χ3v) is 6.09. The molecular weight excluding hydrogens is 419 g/mol. The highest BCUT2D eigenvalue weighted by atomic mass is 35.5. The summed E-state index contributed by atoms with van der Waals surface area (Å²) in [4.78, 5) is 28.1. The number of carbonyl (C=O) groups is 2. The molecule has 1 fully saturated rings. The number of rotatable bonds is 8. The zero-order valence-electron chi connectivity index (χ0n) is 17.2. The second-order valence-corrected chi connectivity index (χ2v) is 8.74. The fraction of sp³-hybridized carbons (Fsp3) is 0.417. The standard InChI is InChI=1S/C24H28Cl2N2O2/c1-2-22(24(30)27-21-8-3-4-9-21)28(16-17-10-12-19(25)13-11-17)23(29)15-18-6-5-7-20(26)14-18/h5-7,10-14,21-22H,2-4,8-9,15-16H2,1H3,(H,27,30)/t22-/m0/s1. The van der Waals surface area contributed by atoms with E-state index in [9.17, 15) is 9.59 Å². The van der Waals surface area contributed by atoms with Crippen molar-refractivity contribution >= 4 is 35.0 Å². The first kappa shape index (κ1) is 22.6. The molecule has 30 heavy (non-hydrogen) atoms. The molecule has 1 saturated carbocycles. The van der Waals surface area contributed by atoms with Crippen LogP contribution in [0.4, 0.5) is 0 Å². The van der Waals surface area contributed by atoms with Gasteiger partial charge in [0.25, 0.3) is 0 Å². The molecule has 0 aliphatic heterocycles. The maximum Gasteiger partial charge on any atom is 0.243 e. The summed E-state index contributed by atoms with van der Waals surface area (Å²) in [5.41, 5.74) is 1.77. The van der Waals surface area contributed by atoms with E-state index in [1.54, 1.807) is 29.2 Å². The predicted molar refractivity (Wildman–Crippen MR) is 122 cm³/mol. The lowest BCUT2D eigenvalue weighted by Gasteiger charge is -2.31. The first-order valence-electron chi connectivity index (χ1n) is 10.5. The molecule has 160 valence electrons. The molecule has 0 bridgehead atoms. The van der Waals surface area contributed by atoms with Crippen LogP contribution in [0.5, 0.6) is 0 Å². The molecule has 4 nitrogen and oxygen atoms in total. The van der Waals surface area contributed by atoms with E-state index in [0.717, 1.165) is 36.8 Å². The van der Waals surface area contributed by atoms with Crippen LogP contribution < -0.4 is 5.32 Å². The van der Waals surface area contributed by atoms with Gasteiger partial charge in [-0.15, -0.1) is 0 Å². The van der Waals surface area contributed by atoms with Crippen LogP contribution in [-0.4, -0.2) is 28.8 Å². The monoisotopic (exact) mass is 446 g/mol. The quantitative estimate of drug-likeness (QED) is 0.589.